The summed E-state index contributed by atoms with van der Waals surface area (Å²) < 4.78 is 0. The average Bonchev–Trinajstić information content (AvgIpc) is 2.61. The van der Waals surface area contributed by atoms with Crippen LogP contribution >= 0.6 is 0 Å². The number of aromatic nitrogens is 1. The summed E-state index contributed by atoms with van der Waals surface area (Å²) in [6, 6.07) is 12.1. The molecule has 2 heterocycles. The van der Waals surface area contributed by atoms with E-state index in [0.717, 1.165) is 37.4 Å². The average molecular weight is 323 g/mol. The first-order valence-electron chi connectivity index (χ1n) is 8.50. The maximum Gasteiger partial charge on any atom is 0.253 e. The molecule has 24 heavy (non-hydrogen) atoms. The van der Waals surface area contributed by atoms with Crippen molar-refractivity contribution in [3.05, 3.63) is 59.9 Å². The van der Waals surface area contributed by atoms with Gasteiger partial charge in [0.05, 0.1) is 11.9 Å². The number of hydrogen-bond acceptors (Lipinski definition) is 3. The van der Waals surface area contributed by atoms with E-state index < -0.39 is 0 Å². The summed E-state index contributed by atoms with van der Waals surface area (Å²) in [4.78, 5) is 21.1. The summed E-state index contributed by atoms with van der Waals surface area (Å²) in [6.45, 7) is 9.73. The van der Waals surface area contributed by atoms with Crippen molar-refractivity contribution >= 4 is 11.6 Å². The predicted molar refractivity (Wildman–Crippen MR) is 97.5 cm³/mol. The highest BCUT2D eigenvalue weighted by atomic mass is 16.2. The Morgan fingerprint density at radius 3 is 2.21 bits per heavy atom. The Bertz CT molecular complexity index is 681. The van der Waals surface area contributed by atoms with Gasteiger partial charge >= 0.3 is 0 Å². The largest absolute Gasteiger partial charge is 0.367 e. The molecule has 1 fully saturated rings. The zero-order chi connectivity index (χ0) is 17.2. The van der Waals surface area contributed by atoms with Crippen LogP contribution in [0.15, 0.2) is 48.8 Å². The van der Waals surface area contributed by atoms with Gasteiger partial charge in [-0.25, -0.2) is 0 Å². The molecule has 0 aliphatic carbocycles. The molecule has 1 amide bonds. The van der Waals surface area contributed by atoms with E-state index in [-0.39, 0.29) is 11.3 Å². The maximum atomic E-state index is 12.7. The smallest absolute Gasteiger partial charge is 0.253 e. The van der Waals surface area contributed by atoms with Gasteiger partial charge in [-0.2, -0.15) is 0 Å². The zero-order valence-corrected chi connectivity index (χ0v) is 14.7. The van der Waals surface area contributed by atoms with Crippen LogP contribution in [0.5, 0.6) is 0 Å². The molecule has 4 heteroatoms. The van der Waals surface area contributed by atoms with E-state index in [1.165, 1.54) is 5.56 Å². The van der Waals surface area contributed by atoms with Gasteiger partial charge in [0.2, 0.25) is 0 Å². The van der Waals surface area contributed by atoms with Crippen LogP contribution in [-0.4, -0.2) is 42.0 Å². The molecule has 0 bridgehead atoms. The Balaban J connectivity index is 1.63. The van der Waals surface area contributed by atoms with Gasteiger partial charge in [-0.1, -0.05) is 32.9 Å². The molecule has 0 spiro atoms. The van der Waals surface area contributed by atoms with E-state index in [9.17, 15) is 4.79 Å². The lowest BCUT2D eigenvalue weighted by Gasteiger charge is -2.36. The number of anilines is 1. The van der Waals surface area contributed by atoms with Gasteiger partial charge in [0, 0.05) is 37.9 Å². The van der Waals surface area contributed by atoms with Crippen molar-refractivity contribution in [3.63, 3.8) is 0 Å². The van der Waals surface area contributed by atoms with E-state index in [0.29, 0.717) is 0 Å². The van der Waals surface area contributed by atoms with Gasteiger partial charge in [0.25, 0.3) is 5.91 Å². The summed E-state index contributed by atoms with van der Waals surface area (Å²) in [5.74, 6) is 0.126. The van der Waals surface area contributed by atoms with E-state index in [1.54, 1.807) is 6.20 Å². The third-order valence-electron chi connectivity index (χ3n) is 4.58. The van der Waals surface area contributed by atoms with E-state index >= 15 is 0 Å². The molecule has 1 aliphatic heterocycles. The second kappa shape index (κ2) is 6.63. The number of pyridine rings is 1. The molecule has 2 aromatic rings. The second-order valence-electron chi connectivity index (χ2n) is 7.32. The van der Waals surface area contributed by atoms with E-state index in [2.05, 4.69) is 48.9 Å². The van der Waals surface area contributed by atoms with Gasteiger partial charge < -0.3 is 9.80 Å². The van der Waals surface area contributed by atoms with Crippen molar-refractivity contribution in [3.8, 4) is 0 Å². The van der Waals surface area contributed by atoms with Gasteiger partial charge in [-0.3, -0.25) is 9.78 Å². The van der Waals surface area contributed by atoms with E-state index in [1.807, 2.05) is 29.3 Å². The molecule has 1 aromatic carbocycles. The van der Waals surface area contributed by atoms with Crippen LogP contribution in [0.3, 0.4) is 0 Å². The van der Waals surface area contributed by atoms with Crippen molar-refractivity contribution < 1.29 is 4.79 Å². The Labute approximate surface area is 144 Å². The molecular formula is C20H25N3O. The van der Waals surface area contributed by atoms with Gasteiger partial charge in [-0.15, -0.1) is 0 Å². The first kappa shape index (κ1) is 16.5. The lowest BCUT2D eigenvalue weighted by Crippen LogP contribution is -2.48. The summed E-state index contributed by atoms with van der Waals surface area (Å²) in [5, 5.41) is 0. The Morgan fingerprint density at radius 2 is 1.67 bits per heavy atom. The highest BCUT2D eigenvalue weighted by molar-refractivity contribution is 5.94. The first-order chi connectivity index (χ1) is 11.4. The molecular weight excluding hydrogens is 298 g/mol. The van der Waals surface area contributed by atoms with Gasteiger partial charge in [-0.05, 0) is 35.2 Å². The minimum Gasteiger partial charge on any atom is -0.367 e. The number of hydrogen-bond donors (Lipinski definition) is 0. The van der Waals surface area contributed by atoms with Crippen LogP contribution in [0.1, 0.15) is 36.7 Å². The van der Waals surface area contributed by atoms with Crippen LogP contribution < -0.4 is 4.90 Å². The number of nitrogens with zero attached hydrogens (tertiary/aromatic N) is 3. The Morgan fingerprint density at radius 1 is 1.00 bits per heavy atom. The van der Waals surface area contributed by atoms with Crippen LogP contribution in [0, 0.1) is 0 Å². The molecule has 0 atom stereocenters. The van der Waals surface area contributed by atoms with Crippen LogP contribution in [-0.2, 0) is 5.41 Å². The van der Waals surface area contributed by atoms with Crippen LogP contribution in [0.25, 0.3) is 0 Å². The second-order valence-corrected chi connectivity index (χ2v) is 7.32. The number of carbonyl (C=O) groups is 1. The number of amides is 1. The fourth-order valence-electron chi connectivity index (χ4n) is 3.00. The molecule has 3 rings (SSSR count). The number of rotatable bonds is 2. The van der Waals surface area contributed by atoms with E-state index in [4.69, 9.17) is 0 Å². The summed E-state index contributed by atoms with van der Waals surface area (Å²) in [6.07, 6.45) is 3.66. The molecule has 1 saturated heterocycles. The Hall–Kier alpha value is -2.36. The zero-order valence-electron chi connectivity index (χ0n) is 14.7. The summed E-state index contributed by atoms with van der Waals surface area (Å²) >= 11 is 0. The predicted octanol–water partition coefficient (Wildman–Crippen LogP) is 3.34. The van der Waals surface area contributed by atoms with Gasteiger partial charge in [0.1, 0.15) is 0 Å². The minimum atomic E-state index is 0.108. The summed E-state index contributed by atoms with van der Waals surface area (Å²) in [5.41, 5.74) is 3.26. The van der Waals surface area contributed by atoms with Crippen molar-refractivity contribution in [1.82, 2.24) is 9.88 Å². The molecule has 126 valence electrons. The first-order valence-corrected chi connectivity index (χ1v) is 8.50. The third kappa shape index (κ3) is 3.58. The fourth-order valence-corrected chi connectivity index (χ4v) is 3.00. The van der Waals surface area contributed by atoms with Crippen LogP contribution in [0.2, 0.25) is 0 Å². The minimum absolute atomic E-state index is 0.108. The molecule has 1 aromatic heterocycles. The maximum absolute atomic E-state index is 12.7. The topological polar surface area (TPSA) is 36.4 Å². The Kier molecular flexibility index (Phi) is 4.56. The van der Waals surface area contributed by atoms with Gasteiger partial charge in [0.15, 0.2) is 0 Å². The van der Waals surface area contributed by atoms with Crippen molar-refractivity contribution in [2.45, 2.75) is 26.2 Å². The van der Waals surface area contributed by atoms with Crippen LogP contribution in [0.4, 0.5) is 5.69 Å². The summed E-state index contributed by atoms with van der Waals surface area (Å²) in [7, 11) is 0. The lowest BCUT2D eigenvalue weighted by molar-refractivity contribution is 0.0746. The van der Waals surface area contributed by atoms with Crippen molar-refractivity contribution in [2.75, 3.05) is 31.1 Å². The highest BCUT2D eigenvalue weighted by Gasteiger charge is 2.23. The monoisotopic (exact) mass is 323 g/mol. The molecule has 0 unspecified atom stereocenters. The number of carbonyl (C=O) groups excluding carboxylic acids is 1. The standard InChI is InChI=1S/C20H25N3O/c1-20(2,3)17-8-6-16(7-9-17)19(24)23-13-11-22(12-14-23)18-5-4-10-21-15-18/h4-10,15H,11-14H2,1-3H3. The lowest BCUT2D eigenvalue weighted by atomic mass is 9.86. The molecule has 1 aliphatic rings. The quantitative estimate of drug-likeness (QED) is 0.850. The number of piperazine rings is 1. The normalized spacial score (nSPS) is 15.5. The van der Waals surface area contributed by atoms with Crippen molar-refractivity contribution in [1.29, 1.82) is 0 Å². The third-order valence-corrected chi connectivity index (χ3v) is 4.58. The molecule has 0 radical (unpaired) electrons. The number of benzene rings is 1. The molecule has 4 nitrogen and oxygen atoms in total. The van der Waals surface area contributed by atoms with Crippen molar-refractivity contribution in [2.24, 2.45) is 0 Å². The highest BCUT2D eigenvalue weighted by Crippen LogP contribution is 2.23. The molecule has 0 N–H and O–H groups in total. The SMILES string of the molecule is CC(C)(C)c1ccc(C(=O)N2CCN(c3cccnc3)CC2)cc1. The fraction of sp³-hybridized carbons (Fsp3) is 0.400. The molecule has 0 saturated carbocycles.